The van der Waals surface area contributed by atoms with E-state index in [2.05, 4.69) is 11.9 Å². The van der Waals surface area contributed by atoms with Crippen molar-refractivity contribution in [3.05, 3.63) is 16.1 Å². The van der Waals surface area contributed by atoms with E-state index in [0.29, 0.717) is 0 Å². The van der Waals surface area contributed by atoms with Gasteiger partial charge in [-0.25, -0.2) is 4.98 Å². The van der Waals surface area contributed by atoms with E-state index < -0.39 is 5.97 Å². The molecule has 0 amide bonds. The largest absolute Gasteiger partial charge is 0.481 e. The van der Waals surface area contributed by atoms with Crippen molar-refractivity contribution in [1.82, 2.24) is 4.98 Å². The third-order valence-electron chi connectivity index (χ3n) is 3.28. The third-order valence-corrected chi connectivity index (χ3v) is 4.30. The van der Waals surface area contributed by atoms with Gasteiger partial charge in [0.2, 0.25) is 0 Å². The van der Waals surface area contributed by atoms with Crippen molar-refractivity contribution < 1.29 is 9.90 Å². The number of carboxylic acid groups (broad SMARTS) is 1. The predicted molar refractivity (Wildman–Crippen MR) is 59.1 cm³/mol. The topological polar surface area (TPSA) is 50.2 Å². The summed E-state index contributed by atoms with van der Waals surface area (Å²) in [5.74, 6) is -0.855. The van der Waals surface area contributed by atoms with Crippen molar-refractivity contribution in [2.24, 2.45) is 11.3 Å². The third kappa shape index (κ3) is 1.57. The first-order chi connectivity index (χ1) is 6.98. The summed E-state index contributed by atoms with van der Waals surface area (Å²) in [6, 6.07) is 0. The van der Waals surface area contributed by atoms with Crippen LogP contribution in [0.15, 0.2) is 5.38 Å². The molecule has 1 N–H and O–H groups in total. The van der Waals surface area contributed by atoms with Gasteiger partial charge in [-0.1, -0.05) is 20.8 Å². The van der Waals surface area contributed by atoms with Gasteiger partial charge in [-0.05, 0) is 11.8 Å². The Balaban J connectivity index is 2.23. The molecule has 0 spiro atoms. The number of hydrogen-bond donors (Lipinski definition) is 1. The first-order valence-electron chi connectivity index (χ1n) is 5.15. The first-order valence-corrected chi connectivity index (χ1v) is 6.03. The van der Waals surface area contributed by atoms with E-state index in [1.54, 1.807) is 11.3 Å². The van der Waals surface area contributed by atoms with Crippen molar-refractivity contribution >= 4 is 17.3 Å². The molecule has 0 radical (unpaired) electrons. The molecule has 1 aliphatic carbocycles. The van der Waals surface area contributed by atoms with Crippen LogP contribution < -0.4 is 0 Å². The molecule has 2 rings (SSSR count). The van der Waals surface area contributed by atoms with Crippen LogP contribution in [0.25, 0.3) is 0 Å². The van der Waals surface area contributed by atoms with E-state index in [9.17, 15) is 4.79 Å². The number of aryl methyl sites for hydroxylation is 1. The molecule has 0 aliphatic heterocycles. The van der Waals surface area contributed by atoms with E-state index in [1.807, 2.05) is 19.2 Å². The van der Waals surface area contributed by atoms with Gasteiger partial charge >= 0.3 is 5.97 Å². The van der Waals surface area contributed by atoms with Crippen LogP contribution in [0.4, 0.5) is 0 Å². The quantitative estimate of drug-likeness (QED) is 0.860. The van der Waals surface area contributed by atoms with Crippen LogP contribution in [0.3, 0.4) is 0 Å². The van der Waals surface area contributed by atoms with Gasteiger partial charge in [-0.2, -0.15) is 0 Å². The van der Waals surface area contributed by atoms with Gasteiger partial charge in [-0.15, -0.1) is 11.3 Å². The highest BCUT2D eigenvalue weighted by atomic mass is 32.1. The Labute approximate surface area is 93.2 Å². The molecular weight excluding hydrogens is 210 g/mol. The predicted octanol–water partition coefficient (Wildman–Crippen LogP) is 2.53. The van der Waals surface area contributed by atoms with Crippen LogP contribution >= 0.6 is 11.3 Å². The van der Waals surface area contributed by atoms with E-state index in [-0.39, 0.29) is 17.3 Å². The maximum absolute atomic E-state index is 11.0. The Hall–Kier alpha value is -0.900. The van der Waals surface area contributed by atoms with Gasteiger partial charge < -0.3 is 5.11 Å². The highest BCUT2D eigenvalue weighted by Crippen LogP contribution is 2.64. The van der Waals surface area contributed by atoms with E-state index in [1.165, 1.54) is 0 Å². The first kappa shape index (κ1) is 10.6. The minimum atomic E-state index is -0.698. The number of thiazole rings is 1. The Kier molecular flexibility index (Phi) is 2.34. The lowest BCUT2D eigenvalue weighted by Gasteiger charge is -1.97. The lowest BCUT2D eigenvalue weighted by molar-refractivity contribution is -0.139. The second kappa shape index (κ2) is 3.30. The summed E-state index contributed by atoms with van der Waals surface area (Å²) < 4.78 is 0. The molecule has 0 saturated heterocycles. The molecule has 3 nitrogen and oxygen atoms in total. The summed E-state index contributed by atoms with van der Waals surface area (Å²) in [6.07, 6.45) is 0.926. The minimum absolute atomic E-state index is 0.103. The maximum atomic E-state index is 11.0. The summed E-state index contributed by atoms with van der Waals surface area (Å²) in [5.41, 5.74) is 0.833. The van der Waals surface area contributed by atoms with Gasteiger partial charge in [0.1, 0.15) is 0 Å². The Morgan fingerprint density at radius 1 is 1.67 bits per heavy atom. The van der Waals surface area contributed by atoms with E-state index in [4.69, 9.17) is 5.11 Å². The molecular formula is C11H15NO2S. The maximum Gasteiger partial charge on any atom is 0.307 e. The summed E-state index contributed by atoms with van der Waals surface area (Å²) >= 11 is 1.63. The minimum Gasteiger partial charge on any atom is -0.481 e. The number of hydrogen-bond acceptors (Lipinski definition) is 3. The SMILES string of the molecule is CCc1nc(C2C(C(=O)O)C2(C)C)cs1. The molecule has 82 valence electrons. The monoisotopic (exact) mass is 225 g/mol. The van der Waals surface area contributed by atoms with Crippen LogP contribution in [0.1, 0.15) is 37.4 Å². The number of carboxylic acids is 1. The number of rotatable bonds is 3. The molecule has 1 aromatic heterocycles. The summed E-state index contributed by atoms with van der Waals surface area (Å²) in [6.45, 7) is 6.07. The number of nitrogens with zero attached hydrogens (tertiary/aromatic N) is 1. The molecule has 1 aliphatic rings. The van der Waals surface area contributed by atoms with Gasteiger partial charge in [-0.3, -0.25) is 4.79 Å². The van der Waals surface area contributed by atoms with Crippen LogP contribution in [-0.2, 0) is 11.2 Å². The zero-order valence-corrected chi connectivity index (χ0v) is 9.97. The summed E-state index contributed by atoms with van der Waals surface area (Å²) in [5, 5.41) is 12.2. The molecule has 0 aromatic carbocycles. The number of aliphatic carboxylic acids is 1. The zero-order valence-electron chi connectivity index (χ0n) is 9.15. The fourth-order valence-corrected chi connectivity index (χ4v) is 3.06. The molecule has 1 aromatic rings. The highest BCUT2D eigenvalue weighted by Gasteiger charge is 2.63. The average Bonchev–Trinajstić information content (AvgIpc) is 2.59. The van der Waals surface area contributed by atoms with Crippen molar-refractivity contribution in [2.45, 2.75) is 33.1 Å². The fourth-order valence-electron chi connectivity index (χ4n) is 2.28. The Bertz CT molecular complexity index is 397. The normalized spacial score (nSPS) is 27.7. The molecule has 0 bridgehead atoms. The van der Waals surface area contributed by atoms with Gasteiger partial charge in [0.25, 0.3) is 0 Å². The molecule has 1 saturated carbocycles. The summed E-state index contributed by atoms with van der Waals surface area (Å²) in [7, 11) is 0. The van der Waals surface area contributed by atoms with Crippen LogP contribution in [0.5, 0.6) is 0 Å². The number of carbonyl (C=O) groups is 1. The van der Waals surface area contributed by atoms with Crippen LogP contribution in [0, 0.1) is 11.3 Å². The van der Waals surface area contributed by atoms with E-state index >= 15 is 0 Å². The molecule has 1 fully saturated rings. The zero-order chi connectivity index (χ0) is 11.2. The van der Waals surface area contributed by atoms with Crippen molar-refractivity contribution in [1.29, 1.82) is 0 Å². The Morgan fingerprint density at radius 3 is 2.73 bits per heavy atom. The lowest BCUT2D eigenvalue weighted by Crippen LogP contribution is -2.03. The van der Waals surface area contributed by atoms with Crippen molar-refractivity contribution in [3.63, 3.8) is 0 Å². The lowest BCUT2D eigenvalue weighted by atomic mass is 10.1. The molecule has 2 atom stereocenters. The van der Waals surface area contributed by atoms with Crippen molar-refractivity contribution in [2.75, 3.05) is 0 Å². The smallest absolute Gasteiger partial charge is 0.307 e. The van der Waals surface area contributed by atoms with Crippen LogP contribution in [-0.4, -0.2) is 16.1 Å². The second-order valence-corrected chi connectivity index (χ2v) is 5.58. The van der Waals surface area contributed by atoms with Gasteiger partial charge in [0.05, 0.1) is 16.6 Å². The van der Waals surface area contributed by atoms with Gasteiger partial charge in [0.15, 0.2) is 0 Å². The highest BCUT2D eigenvalue weighted by molar-refractivity contribution is 7.09. The molecule has 15 heavy (non-hydrogen) atoms. The average molecular weight is 225 g/mol. The second-order valence-electron chi connectivity index (χ2n) is 4.63. The standard InChI is InChI=1S/C11H15NO2S/c1-4-7-12-6(5-15-7)8-9(10(13)14)11(8,2)3/h5,8-9H,4H2,1-3H3,(H,13,14). The molecule has 4 heteroatoms. The number of aromatic nitrogens is 1. The van der Waals surface area contributed by atoms with Crippen molar-refractivity contribution in [3.8, 4) is 0 Å². The molecule has 2 unspecified atom stereocenters. The van der Waals surface area contributed by atoms with Crippen LogP contribution in [0.2, 0.25) is 0 Å². The van der Waals surface area contributed by atoms with E-state index in [0.717, 1.165) is 17.1 Å². The fraction of sp³-hybridized carbons (Fsp3) is 0.636. The molecule has 1 heterocycles. The Morgan fingerprint density at radius 2 is 2.33 bits per heavy atom. The summed E-state index contributed by atoms with van der Waals surface area (Å²) in [4.78, 5) is 15.5. The van der Waals surface area contributed by atoms with Gasteiger partial charge in [0, 0.05) is 11.3 Å².